The topological polar surface area (TPSA) is 484 Å². The molecular weight excluding hydrogens is 1790 g/mol. The van der Waals surface area contributed by atoms with Crippen LogP contribution in [0.3, 0.4) is 0 Å². The monoisotopic (exact) mass is 1890 g/mol. The van der Waals surface area contributed by atoms with Crippen molar-refractivity contribution in [2.75, 3.05) is 49.5 Å². The van der Waals surface area contributed by atoms with Gasteiger partial charge in [0.1, 0.15) is 63.3 Å². The number of carbonyl (C=O) groups is 7. The van der Waals surface area contributed by atoms with E-state index in [4.69, 9.17) is 119 Å². The fourth-order valence-corrected chi connectivity index (χ4v) is 11.0. The molecule has 1 fully saturated rings. The maximum Gasteiger partial charge on any atom is 1.00 e. The predicted octanol–water partition coefficient (Wildman–Crippen LogP) is 13.9. The predicted molar refractivity (Wildman–Crippen MR) is 484 cm³/mol. The molecular formula is C92H103Cl3K2N12O21. The number of aromatic nitrogens is 6. The van der Waals surface area contributed by atoms with Crippen molar-refractivity contribution >= 4 is 122 Å². The first-order valence-corrected chi connectivity index (χ1v) is 40.0. The minimum absolute atomic E-state index is 0. The summed E-state index contributed by atoms with van der Waals surface area (Å²) in [6, 6.07) is 53.1. The van der Waals surface area contributed by atoms with Crippen molar-refractivity contribution in [3.05, 3.63) is 256 Å². The third-order valence-corrected chi connectivity index (χ3v) is 17.9. The number of hydrogen-bond donors (Lipinski definition) is 6. The molecule has 0 aliphatic carbocycles. The Morgan fingerprint density at radius 1 is 0.477 bits per heavy atom. The normalized spacial score (nSPS) is 11.1. The number of pyridine rings is 2. The maximum atomic E-state index is 12.6. The van der Waals surface area contributed by atoms with Crippen LogP contribution in [0.2, 0.25) is 10.0 Å². The molecule has 0 unspecified atom stereocenters. The van der Waals surface area contributed by atoms with Crippen molar-refractivity contribution in [3.8, 4) is 51.7 Å². The van der Waals surface area contributed by atoms with E-state index in [-0.39, 0.29) is 181 Å². The first-order valence-electron chi connectivity index (χ1n) is 38.8. The van der Waals surface area contributed by atoms with E-state index in [0.717, 1.165) is 36.0 Å². The number of rotatable bonds is 18. The number of methoxy groups -OCH3 is 2. The van der Waals surface area contributed by atoms with Gasteiger partial charge in [-0.1, -0.05) is 195 Å². The second-order valence-corrected chi connectivity index (χ2v) is 32.4. The van der Waals surface area contributed by atoms with Crippen LogP contribution in [-0.2, 0) is 53.7 Å². The number of nitrogen functional groups attached to an aromatic ring is 2. The number of hydrogen-bond acceptors (Lipinski definition) is 29. The van der Waals surface area contributed by atoms with Gasteiger partial charge >= 0.3 is 120 Å². The van der Waals surface area contributed by atoms with E-state index < -0.39 is 29.4 Å². The van der Waals surface area contributed by atoms with Gasteiger partial charge in [-0.05, 0) is 103 Å². The number of primary amides is 2. The van der Waals surface area contributed by atoms with Crippen LogP contribution in [0.1, 0.15) is 160 Å². The number of ketones is 1. The number of nitrogens with two attached hydrogens (primary N) is 4. The SMILES string of the molecule is C.C1CCOC1.CC(C)(C)c1cc(N)on1.CC(C)(C)c1cc(NC(=O)Oc2ccccc2)on1.CC(C)(C)c1cc(NC(=O)Oc2ccccc2)on1.COc1cc2nccc(Oc3ccc(CC(=O)Cc4cc(C(C)(C)C)no4)c(Cl)c3)c2cc1C(N)=O.COc1cc2nccc(Oc3ccc(N)c(Cl)c3)c2cc1C(N)=O.O=C(Cl)Oc1ccccc1.O=CO[O-].[H-].[K+].[K+]. The first-order chi connectivity index (χ1) is 60.1. The number of Topliss-reactive ketones (excluding diaryl/α,β-unsaturated/α-hetero) is 1. The van der Waals surface area contributed by atoms with Crippen molar-refractivity contribution in [3.63, 3.8) is 0 Å². The number of fused-ring (bicyclic) bond motifs is 2. The Kier molecular flexibility index (Phi) is 46.4. The van der Waals surface area contributed by atoms with Gasteiger partial charge in [0.25, 0.3) is 18.3 Å². The van der Waals surface area contributed by atoms with Gasteiger partial charge in [0.2, 0.25) is 17.7 Å². The molecule has 33 nitrogen and oxygen atoms in total. The van der Waals surface area contributed by atoms with Crippen LogP contribution in [0.4, 0.5) is 37.7 Å². The number of carbonyl (C=O) groups excluding carboxylic acids is 7. The third kappa shape index (κ3) is 37.6. The molecule has 0 atom stereocenters. The van der Waals surface area contributed by atoms with Crippen molar-refractivity contribution in [2.24, 2.45) is 11.5 Å². The van der Waals surface area contributed by atoms with Crippen molar-refractivity contribution < 1.29 is 204 Å². The fraction of sp³-hybridized carbons (Fsp3) is 0.272. The molecule has 0 spiro atoms. The summed E-state index contributed by atoms with van der Waals surface area (Å²) in [4.78, 5) is 89.3. The van der Waals surface area contributed by atoms with Gasteiger partial charge in [0.05, 0.1) is 76.3 Å². The first kappa shape index (κ1) is 111. The molecule has 680 valence electrons. The molecule has 0 saturated carbocycles. The number of benzene rings is 7. The summed E-state index contributed by atoms with van der Waals surface area (Å²) in [5, 5.41) is 31.1. The van der Waals surface area contributed by atoms with E-state index in [9.17, 15) is 28.8 Å². The minimum Gasteiger partial charge on any atom is -1.00 e. The van der Waals surface area contributed by atoms with E-state index in [2.05, 4.69) is 71.6 Å². The standard InChI is InChI=1S/C27H26ClN3O5.C17H14ClN3O3.2C14H16N2O3.C7H5ClO2.C7H12N2O.C4H8O.CH2O3.CH4.2K.H/c1-27(2,3)25-12-18(36-31-25)10-16(32)9-15-5-6-17(11-21(15)28)35-23-7-8-30-22-14-24(34-4)20(26(29)33)13-19(22)23;1-23-16-8-14-10(7-11(16)17(20)22)15(4-5-21-14)24-9-2-3-13(19)12(18)6-9;2*1-14(2,3)11-9-12(19-16-11)15-13(17)18-10-7-5-4-6-8-10;8-7(9)10-6-4-2-1-3-5-6;1-7(2,3)5-4-6(8)10-9-5;1-2-4-5-3-1;2-1-4-3;;;;/h5-8,11-14H,9-10H2,1-4H3,(H2,29,33);2-8H,19H2,1H3,(H2,20,22);2*4-9H,1-3H3,(H,15,17);1-5H;4H,8H2,1-3H3;1-4H2;1,3H;1H4;;;/q;;;;;;;;;2*+1;-1/p-1. The summed E-state index contributed by atoms with van der Waals surface area (Å²) >= 11 is 17.4. The van der Waals surface area contributed by atoms with Crippen molar-refractivity contribution in [1.29, 1.82) is 0 Å². The van der Waals surface area contributed by atoms with Crippen LogP contribution in [0.5, 0.6) is 51.7 Å². The van der Waals surface area contributed by atoms with Gasteiger partial charge in [-0.15, -0.1) is 0 Å². The van der Waals surface area contributed by atoms with Crippen LogP contribution in [0.25, 0.3) is 21.8 Å². The minimum atomic E-state index is -0.814. The molecule has 14 rings (SSSR count). The van der Waals surface area contributed by atoms with E-state index in [1.807, 2.05) is 86.6 Å². The Labute approximate surface area is 853 Å². The molecule has 38 heteroatoms. The number of nitrogens with zero attached hydrogens (tertiary/aromatic N) is 6. The van der Waals surface area contributed by atoms with Gasteiger partial charge in [-0.2, -0.15) is 0 Å². The number of amides is 4. The second-order valence-electron chi connectivity index (χ2n) is 31.3. The maximum absolute atomic E-state index is 12.6. The largest absolute Gasteiger partial charge is 1.00 e. The Morgan fingerprint density at radius 2 is 0.862 bits per heavy atom. The van der Waals surface area contributed by atoms with E-state index in [1.54, 1.807) is 176 Å². The zero-order valence-electron chi connectivity index (χ0n) is 75.1. The van der Waals surface area contributed by atoms with E-state index in [0.29, 0.717) is 106 Å². The van der Waals surface area contributed by atoms with Gasteiger partial charge in [-0.25, -0.2) is 14.4 Å². The number of para-hydroxylation sites is 3. The molecule has 0 radical (unpaired) electrons. The number of halogens is 3. The summed E-state index contributed by atoms with van der Waals surface area (Å²) in [5.74, 6) is 4.20. The van der Waals surface area contributed by atoms with Crippen LogP contribution in [0.15, 0.2) is 219 Å². The van der Waals surface area contributed by atoms with Gasteiger partial charge in [0, 0.05) is 124 Å². The summed E-state index contributed by atoms with van der Waals surface area (Å²) < 4.78 is 62.1. The fourth-order valence-electron chi connectivity index (χ4n) is 10.5. The van der Waals surface area contributed by atoms with Gasteiger partial charge < -0.3 is 90.5 Å². The Morgan fingerprint density at radius 3 is 1.19 bits per heavy atom. The zero-order valence-corrected chi connectivity index (χ0v) is 82.6. The van der Waals surface area contributed by atoms with Crippen molar-refractivity contribution in [2.45, 2.75) is 138 Å². The van der Waals surface area contributed by atoms with Crippen LogP contribution >= 0.6 is 34.8 Å². The second kappa shape index (κ2) is 54.1. The van der Waals surface area contributed by atoms with Crippen LogP contribution < -0.4 is 175 Å². The average molecular weight is 1900 g/mol. The van der Waals surface area contributed by atoms with E-state index >= 15 is 0 Å². The summed E-state index contributed by atoms with van der Waals surface area (Å²) in [5.41, 5.74) is 26.7. The van der Waals surface area contributed by atoms with Gasteiger partial charge in [-0.3, -0.25) is 39.8 Å². The number of anilines is 4. The zero-order chi connectivity index (χ0) is 93.2. The Hall–Kier alpha value is -10.8. The molecule has 6 aromatic heterocycles. The number of ether oxygens (including phenoxy) is 8. The summed E-state index contributed by atoms with van der Waals surface area (Å²) in [7, 11) is 2.92. The molecule has 7 aromatic carbocycles. The summed E-state index contributed by atoms with van der Waals surface area (Å²) in [6.45, 7) is 26.2. The molecule has 10 N–H and O–H groups in total. The molecule has 1 aliphatic rings. The molecule has 7 heterocycles. The van der Waals surface area contributed by atoms with Crippen LogP contribution in [0, 0.1) is 0 Å². The molecule has 0 bridgehead atoms. The van der Waals surface area contributed by atoms with Gasteiger partial charge in [0.15, 0.2) is 0 Å². The molecule has 13 aromatic rings. The quantitative estimate of drug-likeness (QED) is 0.0116. The van der Waals surface area contributed by atoms with Crippen LogP contribution in [-0.4, -0.2) is 99.7 Å². The third-order valence-electron chi connectivity index (χ3n) is 17.1. The molecule has 130 heavy (non-hydrogen) atoms. The average Bonchev–Trinajstić information content (AvgIpc) is 1.43. The Bertz CT molecular complexity index is 5700. The van der Waals surface area contributed by atoms with Crippen molar-refractivity contribution in [1.82, 2.24) is 30.6 Å². The molecule has 1 aliphatic heterocycles. The molecule has 1 saturated heterocycles. The molecule has 4 amide bonds. The summed E-state index contributed by atoms with van der Waals surface area (Å²) in [6.07, 6.45) is 4.80. The number of nitrogens with one attached hydrogen (secondary N) is 2. The Balaban J connectivity index is 0.000000412. The smallest absolute Gasteiger partial charge is 1.00 e. The van der Waals surface area contributed by atoms with E-state index in [1.165, 1.54) is 27.1 Å².